The first-order chi connectivity index (χ1) is 20.6. The molecule has 0 heterocycles. The van der Waals surface area contributed by atoms with Crippen LogP contribution < -0.4 is 14.4 Å². The van der Waals surface area contributed by atoms with Crippen LogP contribution in [0.3, 0.4) is 0 Å². The van der Waals surface area contributed by atoms with Crippen molar-refractivity contribution in [3.05, 3.63) is 126 Å². The summed E-state index contributed by atoms with van der Waals surface area (Å²) in [4.78, 5) is 28.9. The summed E-state index contributed by atoms with van der Waals surface area (Å²) in [6.45, 7) is 1.19. The molecule has 224 valence electrons. The maximum Gasteiger partial charge on any atom is 0.264 e. The topological polar surface area (TPSA) is 96.0 Å². The van der Waals surface area contributed by atoms with Gasteiger partial charge < -0.3 is 15.0 Å². The molecular weight excluding hydrogens is 569 g/mol. The molecule has 0 spiro atoms. The number of anilines is 1. The van der Waals surface area contributed by atoms with Gasteiger partial charge in [0.2, 0.25) is 11.8 Å². The lowest BCUT2D eigenvalue weighted by Gasteiger charge is -2.33. The standard InChI is InChI=1S/C33H34FN3O5S/c1-24-12-18-30(19-13-24)43(40,41)37(28-10-7-11-29(21-28)42-3)23-32(38)36(22-26-14-16-27(34)17-15-26)31(33(39)35-2)20-25-8-5-4-6-9-25/h4-19,21,31H,20,22-23H2,1-3H3,(H,35,39)/t31-/m0/s1. The number of methoxy groups -OCH3 is 1. The van der Waals surface area contributed by atoms with Crippen LogP contribution in [-0.2, 0) is 32.6 Å². The molecule has 0 aliphatic rings. The number of ether oxygens (including phenoxy) is 1. The molecule has 0 saturated heterocycles. The minimum Gasteiger partial charge on any atom is -0.497 e. The summed E-state index contributed by atoms with van der Waals surface area (Å²) < 4.78 is 48.2. The highest BCUT2D eigenvalue weighted by molar-refractivity contribution is 7.92. The number of amides is 2. The molecule has 0 bridgehead atoms. The largest absolute Gasteiger partial charge is 0.497 e. The predicted molar refractivity (Wildman–Crippen MR) is 164 cm³/mol. The van der Waals surface area contributed by atoms with Crippen LogP contribution in [0.1, 0.15) is 16.7 Å². The summed E-state index contributed by atoms with van der Waals surface area (Å²) in [5.74, 6) is -1.08. The van der Waals surface area contributed by atoms with Crippen molar-refractivity contribution in [2.75, 3.05) is 25.0 Å². The van der Waals surface area contributed by atoms with Crippen molar-refractivity contribution in [3.8, 4) is 5.75 Å². The van der Waals surface area contributed by atoms with Gasteiger partial charge in [0.15, 0.2) is 0 Å². The molecule has 0 fully saturated rings. The highest BCUT2D eigenvalue weighted by atomic mass is 32.2. The molecule has 43 heavy (non-hydrogen) atoms. The first kappa shape index (κ1) is 31.2. The Hall–Kier alpha value is -4.70. The van der Waals surface area contributed by atoms with Crippen LogP contribution in [-0.4, -0.2) is 51.9 Å². The van der Waals surface area contributed by atoms with E-state index in [9.17, 15) is 22.4 Å². The lowest BCUT2D eigenvalue weighted by molar-refractivity contribution is -0.139. The Morgan fingerprint density at radius 2 is 1.56 bits per heavy atom. The zero-order valence-electron chi connectivity index (χ0n) is 24.2. The second-order valence-corrected chi connectivity index (χ2v) is 11.9. The number of halogens is 1. The number of hydrogen-bond donors (Lipinski definition) is 1. The third-order valence-corrected chi connectivity index (χ3v) is 8.80. The summed E-state index contributed by atoms with van der Waals surface area (Å²) in [7, 11) is -1.29. The molecule has 0 aliphatic carbocycles. The van der Waals surface area contributed by atoms with E-state index in [4.69, 9.17) is 4.74 Å². The summed E-state index contributed by atoms with van der Waals surface area (Å²) >= 11 is 0. The number of aryl methyl sites for hydroxylation is 1. The Morgan fingerprint density at radius 1 is 0.884 bits per heavy atom. The van der Waals surface area contributed by atoms with Gasteiger partial charge in [-0.15, -0.1) is 0 Å². The summed E-state index contributed by atoms with van der Waals surface area (Å²) in [6.07, 6.45) is 0.178. The number of carbonyl (C=O) groups excluding carboxylic acids is 2. The fourth-order valence-corrected chi connectivity index (χ4v) is 6.04. The van der Waals surface area contributed by atoms with E-state index in [1.165, 1.54) is 61.5 Å². The van der Waals surface area contributed by atoms with Gasteiger partial charge in [-0.25, -0.2) is 12.8 Å². The third-order valence-electron chi connectivity index (χ3n) is 7.01. The Kier molecular flexibility index (Phi) is 10.2. The Labute approximate surface area is 251 Å². The first-order valence-electron chi connectivity index (χ1n) is 13.6. The number of sulfonamides is 1. The van der Waals surface area contributed by atoms with Crippen LogP contribution in [0.5, 0.6) is 5.75 Å². The molecule has 0 unspecified atom stereocenters. The molecule has 8 nitrogen and oxygen atoms in total. The fourth-order valence-electron chi connectivity index (χ4n) is 4.64. The lowest BCUT2D eigenvalue weighted by atomic mass is 10.0. The van der Waals surface area contributed by atoms with Gasteiger partial charge in [0, 0.05) is 26.1 Å². The number of nitrogens with one attached hydrogen (secondary N) is 1. The van der Waals surface area contributed by atoms with Crippen molar-refractivity contribution < 1.29 is 27.1 Å². The minimum absolute atomic E-state index is 0.00550. The van der Waals surface area contributed by atoms with Gasteiger partial charge in [-0.1, -0.05) is 66.2 Å². The monoisotopic (exact) mass is 603 g/mol. The highest BCUT2D eigenvalue weighted by Gasteiger charge is 2.34. The van der Waals surface area contributed by atoms with Crippen LogP contribution in [0.2, 0.25) is 0 Å². The molecule has 1 N–H and O–H groups in total. The molecule has 4 rings (SSSR count). The first-order valence-corrected chi connectivity index (χ1v) is 15.1. The summed E-state index contributed by atoms with van der Waals surface area (Å²) in [5.41, 5.74) is 2.48. The number of likely N-dealkylation sites (N-methyl/N-ethyl adjacent to an activating group) is 1. The third kappa shape index (κ3) is 7.78. The van der Waals surface area contributed by atoms with E-state index in [1.54, 1.807) is 30.3 Å². The second-order valence-electron chi connectivity index (χ2n) is 9.99. The SMILES string of the molecule is CNC(=O)[C@H](Cc1ccccc1)N(Cc1ccc(F)cc1)C(=O)CN(c1cccc(OC)c1)S(=O)(=O)c1ccc(C)cc1. The molecule has 4 aromatic rings. The van der Waals surface area contributed by atoms with E-state index in [-0.39, 0.29) is 23.5 Å². The normalized spacial score (nSPS) is 11.8. The number of hydrogen-bond acceptors (Lipinski definition) is 5. The molecule has 0 saturated carbocycles. The fraction of sp³-hybridized carbons (Fsp3) is 0.212. The average molecular weight is 604 g/mol. The van der Waals surface area contributed by atoms with E-state index in [2.05, 4.69) is 5.32 Å². The van der Waals surface area contributed by atoms with Crippen molar-refractivity contribution in [2.45, 2.75) is 30.8 Å². The molecular formula is C33H34FN3O5S. The van der Waals surface area contributed by atoms with Gasteiger partial charge in [-0.3, -0.25) is 13.9 Å². The summed E-state index contributed by atoms with van der Waals surface area (Å²) in [5, 5.41) is 2.64. The number of carbonyl (C=O) groups is 2. The minimum atomic E-state index is -4.23. The lowest BCUT2D eigenvalue weighted by Crippen LogP contribution is -2.53. The van der Waals surface area contributed by atoms with Gasteiger partial charge in [0.25, 0.3) is 10.0 Å². The van der Waals surface area contributed by atoms with Crippen molar-refractivity contribution in [3.63, 3.8) is 0 Å². The molecule has 1 atom stereocenters. The quantitative estimate of drug-likeness (QED) is 0.253. The van der Waals surface area contributed by atoms with Crippen molar-refractivity contribution in [1.29, 1.82) is 0 Å². The van der Waals surface area contributed by atoms with E-state index in [0.29, 0.717) is 11.3 Å². The molecule has 0 aliphatic heterocycles. The van der Waals surface area contributed by atoms with Crippen LogP contribution in [0.4, 0.5) is 10.1 Å². The number of benzene rings is 4. The van der Waals surface area contributed by atoms with Gasteiger partial charge in [0.05, 0.1) is 17.7 Å². The zero-order chi connectivity index (χ0) is 31.0. The van der Waals surface area contributed by atoms with Gasteiger partial charge in [0.1, 0.15) is 24.2 Å². The van der Waals surface area contributed by atoms with Gasteiger partial charge in [-0.05, 0) is 54.4 Å². The molecule has 0 radical (unpaired) electrons. The van der Waals surface area contributed by atoms with Crippen LogP contribution >= 0.6 is 0 Å². The summed E-state index contributed by atoms with van der Waals surface area (Å²) in [6, 6.07) is 26.6. The van der Waals surface area contributed by atoms with Crippen LogP contribution in [0, 0.1) is 12.7 Å². The molecule has 10 heteroatoms. The smallest absolute Gasteiger partial charge is 0.264 e. The van der Waals surface area contributed by atoms with Crippen molar-refractivity contribution >= 4 is 27.5 Å². The van der Waals surface area contributed by atoms with E-state index >= 15 is 0 Å². The van der Waals surface area contributed by atoms with E-state index in [1.807, 2.05) is 37.3 Å². The molecule has 0 aromatic heterocycles. The number of rotatable bonds is 12. The highest BCUT2D eigenvalue weighted by Crippen LogP contribution is 2.28. The van der Waals surface area contributed by atoms with E-state index in [0.717, 1.165) is 15.4 Å². The van der Waals surface area contributed by atoms with Crippen LogP contribution in [0.15, 0.2) is 108 Å². The molecule has 4 aromatic carbocycles. The Morgan fingerprint density at radius 3 is 2.19 bits per heavy atom. The zero-order valence-corrected chi connectivity index (χ0v) is 25.1. The molecule has 2 amide bonds. The average Bonchev–Trinajstić information content (AvgIpc) is 3.02. The van der Waals surface area contributed by atoms with Crippen molar-refractivity contribution in [1.82, 2.24) is 10.2 Å². The van der Waals surface area contributed by atoms with Gasteiger partial charge >= 0.3 is 0 Å². The maximum absolute atomic E-state index is 14.3. The maximum atomic E-state index is 14.3. The van der Waals surface area contributed by atoms with Gasteiger partial charge in [-0.2, -0.15) is 0 Å². The van der Waals surface area contributed by atoms with Crippen LogP contribution in [0.25, 0.3) is 0 Å². The predicted octanol–water partition coefficient (Wildman–Crippen LogP) is 4.72. The Bertz CT molecular complexity index is 1650. The van der Waals surface area contributed by atoms with E-state index < -0.39 is 40.2 Å². The number of nitrogens with zero attached hydrogens (tertiary/aromatic N) is 2. The Balaban J connectivity index is 1.79. The second kappa shape index (κ2) is 14.0. The van der Waals surface area contributed by atoms with Crippen molar-refractivity contribution in [2.24, 2.45) is 0 Å².